The van der Waals surface area contributed by atoms with Gasteiger partial charge in [0.1, 0.15) is 18.0 Å². The fourth-order valence-electron chi connectivity index (χ4n) is 4.00. The molecule has 2 aliphatic heterocycles. The van der Waals surface area contributed by atoms with Gasteiger partial charge in [-0.3, -0.25) is 20.0 Å². The summed E-state index contributed by atoms with van der Waals surface area (Å²) in [6.45, 7) is 2.51. The molecule has 8 nitrogen and oxygen atoms in total. The van der Waals surface area contributed by atoms with E-state index in [4.69, 9.17) is 9.47 Å². The van der Waals surface area contributed by atoms with Gasteiger partial charge in [0.25, 0.3) is 11.8 Å². The number of carbonyl (C=O) groups is 2. The first-order valence-electron chi connectivity index (χ1n) is 10.3. The van der Waals surface area contributed by atoms with E-state index in [0.29, 0.717) is 23.7 Å². The van der Waals surface area contributed by atoms with Gasteiger partial charge in [-0.2, -0.15) is 0 Å². The molecule has 0 radical (unpaired) electrons. The van der Waals surface area contributed by atoms with E-state index in [1.54, 1.807) is 19.1 Å². The molecule has 2 amide bonds. The zero-order valence-electron chi connectivity index (χ0n) is 17.9. The predicted octanol–water partition coefficient (Wildman–Crippen LogP) is 2.63. The summed E-state index contributed by atoms with van der Waals surface area (Å²) in [6, 6.07) is 13.0. The molecule has 1 unspecified atom stereocenters. The van der Waals surface area contributed by atoms with E-state index in [9.17, 15) is 9.59 Å². The monoisotopic (exact) mass is 422 g/mol. The molecule has 1 saturated heterocycles. The molecule has 1 fully saturated rings. The maximum absolute atomic E-state index is 13.4. The molecule has 1 atom stereocenters. The normalized spacial score (nSPS) is 18.5. The van der Waals surface area contributed by atoms with Crippen molar-refractivity contribution in [1.29, 1.82) is 0 Å². The van der Waals surface area contributed by atoms with Gasteiger partial charge in [0.05, 0.1) is 25.9 Å². The molecular formula is C23H26N4O4. The molecule has 8 heteroatoms. The number of likely N-dealkylation sites (tertiary alicyclic amines) is 1. The molecule has 1 N–H and O–H groups in total. The Labute approximate surface area is 181 Å². The molecule has 0 aromatic heterocycles. The average molecular weight is 422 g/mol. The Balaban J connectivity index is 1.57. The third-order valence-corrected chi connectivity index (χ3v) is 5.65. The number of aryl methyl sites for hydroxylation is 1. The van der Waals surface area contributed by atoms with Crippen LogP contribution >= 0.6 is 0 Å². The first-order chi connectivity index (χ1) is 15.0. The van der Waals surface area contributed by atoms with Crippen molar-refractivity contribution >= 4 is 23.3 Å². The molecular weight excluding hydrogens is 396 g/mol. The fourth-order valence-corrected chi connectivity index (χ4v) is 4.00. The molecule has 2 heterocycles. The number of benzene rings is 2. The molecule has 31 heavy (non-hydrogen) atoms. The van der Waals surface area contributed by atoms with E-state index < -0.39 is 0 Å². The van der Waals surface area contributed by atoms with E-state index in [0.717, 1.165) is 24.0 Å². The van der Waals surface area contributed by atoms with Crippen LogP contribution in [0.1, 0.15) is 30.0 Å². The molecule has 0 spiro atoms. The Hall–Kier alpha value is -3.55. The maximum Gasteiger partial charge on any atom is 0.291 e. The van der Waals surface area contributed by atoms with Crippen LogP contribution in [0.5, 0.6) is 11.5 Å². The largest absolute Gasteiger partial charge is 0.497 e. The summed E-state index contributed by atoms with van der Waals surface area (Å²) in [5.41, 5.74) is 5.61. The van der Waals surface area contributed by atoms with Crippen molar-refractivity contribution in [3.8, 4) is 11.5 Å². The van der Waals surface area contributed by atoms with Crippen LogP contribution in [0.15, 0.2) is 47.5 Å². The van der Waals surface area contributed by atoms with Crippen molar-refractivity contribution in [2.75, 3.05) is 32.3 Å². The Morgan fingerprint density at radius 1 is 1.13 bits per heavy atom. The van der Waals surface area contributed by atoms with Crippen LogP contribution in [0.3, 0.4) is 0 Å². The molecule has 4 rings (SSSR count). The highest BCUT2D eigenvalue weighted by Crippen LogP contribution is 2.38. The maximum atomic E-state index is 13.4. The molecule has 2 aromatic carbocycles. The minimum absolute atomic E-state index is 0.0771. The number of nitrogens with zero attached hydrogens (tertiary/aromatic N) is 3. The molecule has 0 aliphatic carbocycles. The summed E-state index contributed by atoms with van der Waals surface area (Å²) in [4.78, 5) is 31.8. The highest BCUT2D eigenvalue weighted by molar-refractivity contribution is 6.39. The number of methoxy groups -OCH3 is 2. The van der Waals surface area contributed by atoms with Crippen molar-refractivity contribution in [3.05, 3.63) is 53.6 Å². The highest BCUT2D eigenvalue weighted by Gasteiger charge is 2.36. The highest BCUT2D eigenvalue weighted by atomic mass is 16.5. The number of amidine groups is 1. The van der Waals surface area contributed by atoms with Gasteiger partial charge in [0.15, 0.2) is 0 Å². The SMILES string of the molecule is COc1ccc(C2CCCN2C(=O)C2=NCC(=O)N(c3ccc(C)cc3)N2)c(OC)c1. The van der Waals surface area contributed by atoms with Gasteiger partial charge in [-0.15, -0.1) is 0 Å². The Bertz CT molecular complexity index is 1020. The first-order valence-corrected chi connectivity index (χ1v) is 10.3. The molecule has 2 aliphatic rings. The van der Waals surface area contributed by atoms with Gasteiger partial charge < -0.3 is 14.4 Å². The van der Waals surface area contributed by atoms with Crippen LogP contribution in [0, 0.1) is 6.92 Å². The molecule has 162 valence electrons. The van der Waals surface area contributed by atoms with Crippen LogP contribution in [-0.2, 0) is 9.59 Å². The first kappa shape index (κ1) is 20.7. The minimum atomic E-state index is -0.231. The molecule has 2 aromatic rings. The van der Waals surface area contributed by atoms with Crippen molar-refractivity contribution in [1.82, 2.24) is 10.3 Å². The van der Waals surface area contributed by atoms with Gasteiger partial charge in [-0.1, -0.05) is 17.7 Å². The summed E-state index contributed by atoms with van der Waals surface area (Å²) in [6.07, 6.45) is 1.70. The van der Waals surface area contributed by atoms with Crippen molar-refractivity contribution in [2.24, 2.45) is 4.99 Å². The smallest absolute Gasteiger partial charge is 0.291 e. The second kappa shape index (κ2) is 8.67. The lowest BCUT2D eigenvalue weighted by atomic mass is 10.0. The number of nitrogens with one attached hydrogen (secondary N) is 1. The topological polar surface area (TPSA) is 83.5 Å². The van der Waals surface area contributed by atoms with Gasteiger partial charge in [0.2, 0.25) is 5.84 Å². The number of hydrogen-bond donors (Lipinski definition) is 1. The molecule has 0 bridgehead atoms. The lowest BCUT2D eigenvalue weighted by Crippen LogP contribution is -2.56. The lowest BCUT2D eigenvalue weighted by Gasteiger charge is -2.31. The summed E-state index contributed by atoms with van der Waals surface area (Å²) in [5.74, 6) is 1.10. The lowest BCUT2D eigenvalue weighted by molar-refractivity contribution is -0.125. The zero-order chi connectivity index (χ0) is 22.0. The fraction of sp³-hybridized carbons (Fsp3) is 0.348. The summed E-state index contributed by atoms with van der Waals surface area (Å²) < 4.78 is 10.8. The summed E-state index contributed by atoms with van der Waals surface area (Å²) in [5, 5.41) is 1.39. The number of anilines is 1. The third-order valence-electron chi connectivity index (χ3n) is 5.65. The van der Waals surface area contributed by atoms with Gasteiger partial charge in [0, 0.05) is 18.2 Å². The van der Waals surface area contributed by atoms with E-state index >= 15 is 0 Å². The van der Waals surface area contributed by atoms with Gasteiger partial charge >= 0.3 is 0 Å². The van der Waals surface area contributed by atoms with E-state index in [1.807, 2.05) is 49.4 Å². The van der Waals surface area contributed by atoms with Crippen LogP contribution in [0.25, 0.3) is 0 Å². The second-order valence-electron chi connectivity index (χ2n) is 7.61. The van der Waals surface area contributed by atoms with Crippen LogP contribution < -0.4 is 19.9 Å². The van der Waals surface area contributed by atoms with E-state index in [1.165, 1.54) is 5.01 Å². The van der Waals surface area contributed by atoms with Crippen molar-refractivity contribution in [3.63, 3.8) is 0 Å². The van der Waals surface area contributed by atoms with E-state index in [-0.39, 0.29) is 30.2 Å². The van der Waals surface area contributed by atoms with Gasteiger partial charge in [-0.25, -0.2) is 5.01 Å². The Kier molecular flexibility index (Phi) is 5.79. The predicted molar refractivity (Wildman–Crippen MR) is 117 cm³/mol. The van der Waals surface area contributed by atoms with Crippen LogP contribution in [0.4, 0.5) is 5.69 Å². The van der Waals surface area contributed by atoms with E-state index in [2.05, 4.69) is 10.4 Å². The number of hydrazine groups is 1. The number of ether oxygens (including phenoxy) is 2. The second-order valence-corrected chi connectivity index (χ2v) is 7.61. The number of carbonyl (C=O) groups excluding carboxylic acids is 2. The number of amides is 2. The minimum Gasteiger partial charge on any atom is -0.497 e. The quantitative estimate of drug-likeness (QED) is 0.801. The third kappa shape index (κ3) is 4.05. The number of aliphatic imine (C=N–C) groups is 1. The van der Waals surface area contributed by atoms with Crippen molar-refractivity contribution < 1.29 is 19.1 Å². The number of hydrogen-bond acceptors (Lipinski definition) is 6. The Morgan fingerprint density at radius 3 is 2.61 bits per heavy atom. The zero-order valence-corrected chi connectivity index (χ0v) is 17.9. The standard InChI is InChI=1S/C23H26N4O4/c1-15-6-8-16(9-7-15)27-21(28)14-24-22(25-27)23(29)26-12-4-5-19(26)18-11-10-17(30-2)13-20(18)31-3/h6-11,13,19H,4-5,12,14H2,1-3H3,(H,24,25). The van der Waals surface area contributed by atoms with Crippen molar-refractivity contribution in [2.45, 2.75) is 25.8 Å². The number of rotatable bonds is 5. The van der Waals surface area contributed by atoms with Crippen LogP contribution in [0.2, 0.25) is 0 Å². The van der Waals surface area contributed by atoms with Gasteiger partial charge in [-0.05, 0) is 44.0 Å². The Morgan fingerprint density at radius 2 is 1.90 bits per heavy atom. The summed E-state index contributed by atoms with van der Waals surface area (Å²) >= 11 is 0. The van der Waals surface area contributed by atoms with Crippen LogP contribution in [-0.4, -0.2) is 49.9 Å². The molecule has 0 saturated carbocycles. The summed E-state index contributed by atoms with van der Waals surface area (Å²) in [7, 11) is 3.21. The average Bonchev–Trinajstić information content (AvgIpc) is 3.28.